The normalized spacial score (nSPS) is 11.4. The number of hydrogen-bond acceptors (Lipinski definition) is 7. The highest BCUT2D eigenvalue weighted by Crippen LogP contribution is 2.24. The topological polar surface area (TPSA) is 107 Å². The van der Waals surface area contributed by atoms with Crippen LogP contribution >= 0.6 is 11.3 Å². The zero-order chi connectivity index (χ0) is 21.5. The Bertz CT molecular complexity index is 1010. The van der Waals surface area contributed by atoms with E-state index in [2.05, 4.69) is 10.6 Å². The van der Waals surface area contributed by atoms with E-state index in [1.54, 1.807) is 36.4 Å². The van der Waals surface area contributed by atoms with E-state index < -0.39 is 23.9 Å². The average Bonchev–Trinajstić information content (AvgIpc) is 3.42. The minimum absolute atomic E-state index is 0.159. The largest absolute Gasteiger partial charge is 0.494 e. The van der Waals surface area contributed by atoms with Gasteiger partial charge in [-0.25, -0.2) is 4.79 Å². The number of hydrogen-bond donors (Lipinski definition) is 2. The predicted octanol–water partition coefficient (Wildman–Crippen LogP) is 4.18. The van der Waals surface area contributed by atoms with Gasteiger partial charge in [0.2, 0.25) is 0 Å². The van der Waals surface area contributed by atoms with Crippen molar-refractivity contribution in [2.45, 2.75) is 20.0 Å². The molecule has 0 radical (unpaired) electrons. The second kappa shape index (κ2) is 9.75. The minimum Gasteiger partial charge on any atom is -0.494 e. The highest BCUT2D eigenvalue weighted by atomic mass is 32.1. The summed E-state index contributed by atoms with van der Waals surface area (Å²) in [5, 5.41) is 5.76. The third-order valence-corrected chi connectivity index (χ3v) is 4.86. The van der Waals surface area contributed by atoms with Gasteiger partial charge in [-0.15, -0.1) is 11.3 Å². The van der Waals surface area contributed by atoms with Crippen LogP contribution in [-0.4, -0.2) is 30.5 Å². The Hall–Kier alpha value is -3.59. The SMILES string of the molecule is CCOc1ccc(NC(=O)C(C)OC(=O)c2ccc(NC(=O)c3ccco3)s2)cc1. The van der Waals surface area contributed by atoms with E-state index in [4.69, 9.17) is 13.9 Å². The van der Waals surface area contributed by atoms with E-state index in [9.17, 15) is 14.4 Å². The molecule has 1 aromatic carbocycles. The number of rotatable bonds is 8. The molecule has 0 saturated heterocycles. The molecule has 8 nitrogen and oxygen atoms in total. The van der Waals surface area contributed by atoms with E-state index in [0.717, 1.165) is 11.3 Å². The van der Waals surface area contributed by atoms with E-state index in [-0.39, 0.29) is 10.6 Å². The van der Waals surface area contributed by atoms with Gasteiger partial charge in [0.05, 0.1) is 17.9 Å². The van der Waals surface area contributed by atoms with Crippen molar-refractivity contribution in [1.82, 2.24) is 0 Å². The van der Waals surface area contributed by atoms with Gasteiger partial charge in [-0.3, -0.25) is 9.59 Å². The van der Waals surface area contributed by atoms with E-state index in [0.29, 0.717) is 23.0 Å². The maximum atomic E-state index is 12.3. The summed E-state index contributed by atoms with van der Waals surface area (Å²) in [6.07, 6.45) is 0.388. The standard InChI is InChI=1S/C21H20N2O6S/c1-3-27-15-8-6-14(7-9-15)22-19(24)13(2)29-21(26)17-10-11-18(30-17)23-20(25)16-5-4-12-28-16/h4-13H,3H2,1-2H3,(H,22,24)(H,23,25). The molecule has 1 unspecified atom stereocenters. The molecule has 2 heterocycles. The predicted molar refractivity (Wildman–Crippen MR) is 112 cm³/mol. The number of anilines is 2. The quantitative estimate of drug-likeness (QED) is 0.522. The lowest BCUT2D eigenvalue weighted by atomic mass is 10.3. The highest BCUT2D eigenvalue weighted by molar-refractivity contribution is 7.18. The Morgan fingerprint density at radius 3 is 2.50 bits per heavy atom. The van der Waals surface area contributed by atoms with Crippen molar-refractivity contribution < 1.29 is 28.3 Å². The van der Waals surface area contributed by atoms with Crippen LogP contribution in [0.15, 0.2) is 59.2 Å². The fourth-order valence-corrected chi connectivity index (χ4v) is 3.20. The third-order valence-electron chi connectivity index (χ3n) is 3.87. The smallest absolute Gasteiger partial charge is 0.349 e. The van der Waals surface area contributed by atoms with Crippen LogP contribution in [0.1, 0.15) is 34.1 Å². The average molecular weight is 428 g/mol. The first kappa shape index (κ1) is 21.1. The van der Waals surface area contributed by atoms with Crippen molar-refractivity contribution in [2.24, 2.45) is 0 Å². The van der Waals surface area contributed by atoms with Crippen molar-refractivity contribution >= 4 is 39.8 Å². The maximum absolute atomic E-state index is 12.3. The molecular weight excluding hydrogens is 408 g/mol. The molecular formula is C21H20N2O6S. The summed E-state index contributed by atoms with van der Waals surface area (Å²) in [7, 11) is 0. The summed E-state index contributed by atoms with van der Waals surface area (Å²) in [6, 6.07) is 13.1. The molecule has 0 saturated carbocycles. The Balaban J connectivity index is 1.52. The molecule has 2 N–H and O–H groups in total. The summed E-state index contributed by atoms with van der Waals surface area (Å²) < 4.78 is 15.6. The molecule has 156 valence electrons. The molecule has 2 amide bonds. The lowest BCUT2D eigenvalue weighted by Crippen LogP contribution is -2.29. The Labute approximate surface area is 176 Å². The van der Waals surface area contributed by atoms with E-state index in [1.807, 2.05) is 6.92 Å². The van der Waals surface area contributed by atoms with Gasteiger partial charge < -0.3 is 24.5 Å². The number of thiophene rings is 1. The number of amides is 2. The summed E-state index contributed by atoms with van der Waals surface area (Å²) in [5.74, 6) is -0.692. The summed E-state index contributed by atoms with van der Waals surface area (Å²) >= 11 is 1.04. The molecule has 3 aromatic rings. The monoisotopic (exact) mass is 428 g/mol. The van der Waals surface area contributed by atoms with Gasteiger partial charge in [-0.05, 0) is 62.4 Å². The molecule has 2 aromatic heterocycles. The Morgan fingerprint density at radius 2 is 1.83 bits per heavy atom. The first-order valence-electron chi connectivity index (χ1n) is 9.15. The van der Waals surface area contributed by atoms with Crippen LogP contribution in [0.5, 0.6) is 5.75 Å². The summed E-state index contributed by atoms with van der Waals surface area (Å²) in [5.41, 5.74) is 0.561. The van der Waals surface area contributed by atoms with Crippen LogP contribution in [0.4, 0.5) is 10.7 Å². The van der Waals surface area contributed by atoms with Crippen molar-refractivity contribution in [3.05, 3.63) is 65.4 Å². The molecule has 30 heavy (non-hydrogen) atoms. The minimum atomic E-state index is -1.01. The second-order valence-corrected chi connectivity index (χ2v) is 7.17. The second-order valence-electron chi connectivity index (χ2n) is 6.09. The van der Waals surface area contributed by atoms with Gasteiger partial charge in [-0.1, -0.05) is 0 Å². The van der Waals surface area contributed by atoms with Gasteiger partial charge >= 0.3 is 5.97 Å². The van der Waals surface area contributed by atoms with Gasteiger partial charge in [0.1, 0.15) is 10.6 Å². The first-order chi connectivity index (χ1) is 14.5. The van der Waals surface area contributed by atoms with Gasteiger partial charge in [-0.2, -0.15) is 0 Å². The maximum Gasteiger partial charge on any atom is 0.349 e. The van der Waals surface area contributed by atoms with Crippen LogP contribution in [0.3, 0.4) is 0 Å². The van der Waals surface area contributed by atoms with Crippen LogP contribution in [0, 0.1) is 0 Å². The Kier molecular flexibility index (Phi) is 6.87. The molecule has 0 spiro atoms. The lowest BCUT2D eigenvalue weighted by Gasteiger charge is -2.13. The van der Waals surface area contributed by atoms with Crippen molar-refractivity contribution in [3.63, 3.8) is 0 Å². The van der Waals surface area contributed by atoms with Crippen molar-refractivity contribution in [2.75, 3.05) is 17.2 Å². The van der Waals surface area contributed by atoms with Crippen LogP contribution in [0.2, 0.25) is 0 Å². The van der Waals surface area contributed by atoms with E-state index >= 15 is 0 Å². The number of esters is 1. The molecule has 1 atom stereocenters. The number of benzene rings is 1. The molecule has 0 aliphatic heterocycles. The molecule has 0 bridgehead atoms. The zero-order valence-corrected chi connectivity index (χ0v) is 17.2. The van der Waals surface area contributed by atoms with Gasteiger partial charge in [0.15, 0.2) is 11.9 Å². The fraction of sp³-hybridized carbons (Fsp3) is 0.190. The number of furan rings is 1. The van der Waals surface area contributed by atoms with E-state index in [1.165, 1.54) is 25.3 Å². The van der Waals surface area contributed by atoms with Gasteiger partial charge in [0.25, 0.3) is 11.8 Å². The number of ether oxygens (including phenoxy) is 2. The highest BCUT2D eigenvalue weighted by Gasteiger charge is 2.21. The van der Waals surface area contributed by atoms with Crippen LogP contribution in [0.25, 0.3) is 0 Å². The first-order valence-corrected chi connectivity index (χ1v) is 9.97. The lowest BCUT2D eigenvalue weighted by molar-refractivity contribution is -0.123. The van der Waals surface area contributed by atoms with Crippen molar-refractivity contribution in [1.29, 1.82) is 0 Å². The molecule has 0 aliphatic carbocycles. The summed E-state index contributed by atoms with van der Waals surface area (Å²) in [4.78, 5) is 36.8. The van der Waals surface area contributed by atoms with Crippen molar-refractivity contribution in [3.8, 4) is 5.75 Å². The van der Waals surface area contributed by atoms with Crippen LogP contribution < -0.4 is 15.4 Å². The van der Waals surface area contributed by atoms with Crippen LogP contribution in [-0.2, 0) is 9.53 Å². The molecule has 0 aliphatic rings. The number of carbonyl (C=O) groups is 3. The van der Waals surface area contributed by atoms with Gasteiger partial charge in [0, 0.05) is 5.69 Å². The third kappa shape index (κ3) is 5.48. The molecule has 3 rings (SSSR count). The Morgan fingerprint density at radius 1 is 1.07 bits per heavy atom. The number of nitrogens with one attached hydrogen (secondary N) is 2. The molecule has 0 fully saturated rings. The molecule has 9 heteroatoms. The zero-order valence-electron chi connectivity index (χ0n) is 16.3. The fourth-order valence-electron chi connectivity index (χ4n) is 2.41. The number of carbonyl (C=O) groups excluding carboxylic acids is 3. The summed E-state index contributed by atoms with van der Waals surface area (Å²) in [6.45, 7) is 3.92.